The zero-order valence-corrected chi connectivity index (χ0v) is 22.0. The van der Waals surface area contributed by atoms with Crippen molar-refractivity contribution in [3.8, 4) is 0 Å². The van der Waals surface area contributed by atoms with Crippen molar-refractivity contribution in [2.24, 2.45) is 0 Å². The summed E-state index contributed by atoms with van der Waals surface area (Å²) in [5.41, 5.74) is 3.96. The third-order valence-corrected chi connectivity index (χ3v) is 7.58. The second-order valence-electron chi connectivity index (χ2n) is 9.71. The number of nitrogens with zero attached hydrogens (tertiary/aromatic N) is 2. The molecule has 1 saturated heterocycles. The smallest absolute Gasteiger partial charge is 0.294 e. The maximum Gasteiger partial charge on any atom is 0.294 e. The molecule has 2 heterocycles. The van der Waals surface area contributed by atoms with Gasteiger partial charge in [0.15, 0.2) is 0 Å². The van der Waals surface area contributed by atoms with Gasteiger partial charge in [0.1, 0.15) is 6.54 Å². The molecule has 0 radical (unpaired) electrons. The van der Waals surface area contributed by atoms with Crippen LogP contribution < -0.4 is 10.2 Å². The van der Waals surface area contributed by atoms with E-state index in [0.29, 0.717) is 21.5 Å². The predicted octanol–water partition coefficient (Wildman–Crippen LogP) is 6.52. The summed E-state index contributed by atoms with van der Waals surface area (Å²) in [4.78, 5) is 41.7. The molecule has 35 heavy (non-hydrogen) atoms. The van der Waals surface area contributed by atoms with E-state index >= 15 is 0 Å². The average molecular weight is 512 g/mol. The largest absolute Gasteiger partial charge is 0.366 e. The Morgan fingerprint density at radius 2 is 2.00 bits per heavy atom. The fraction of sp³-hybridized carbons (Fsp3) is 0.370. The Kier molecular flexibility index (Phi) is 7.29. The number of amides is 3. The van der Waals surface area contributed by atoms with Gasteiger partial charge in [-0.3, -0.25) is 19.3 Å². The predicted molar refractivity (Wildman–Crippen MR) is 144 cm³/mol. The highest BCUT2D eigenvalue weighted by Gasteiger charge is 2.37. The SMILES string of the molecule is CCCN1c2ccc(/C=C3/SC(=O)N(CC(=O)Nc4cccc(Cl)c4)C3=O)cc2C(C)CC1(C)C. The molecule has 2 aliphatic heterocycles. The summed E-state index contributed by atoms with van der Waals surface area (Å²) in [6.07, 6.45) is 3.86. The number of anilines is 2. The molecule has 6 nitrogen and oxygen atoms in total. The Morgan fingerprint density at radius 3 is 2.71 bits per heavy atom. The summed E-state index contributed by atoms with van der Waals surface area (Å²) in [6.45, 7) is 9.63. The van der Waals surface area contributed by atoms with Gasteiger partial charge in [-0.1, -0.05) is 37.6 Å². The molecular formula is C27H30ClN3O3S. The van der Waals surface area contributed by atoms with Crippen molar-refractivity contribution in [3.05, 3.63) is 63.5 Å². The Hall–Kier alpha value is -2.77. The molecule has 2 aromatic carbocycles. The first kappa shape index (κ1) is 25.3. The zero-order chi connectivity index (χ0) is 25.3. The Bertz CT molecular complexity index is 1210. The van der Waals surface area contributed by atoms with Crippen LogP contribution in [0.5, 0.6) is 0 Å². The fourth-order valence-electron chi connectivity index (χ4n) is 4.94. The van der Waals surface area contributed by atoms with Crippen LogP contribution in [-0.2, 0) is 9.59 Å². The molecule has 184 valence electrons. The molecule has 0 aliphatic carbocycles. The molecule has 1 atom stereocenters. The van der Waals surface area contributed by atoms with E-state index in [1.165, 1.54) is 11.3 Å². The van der Waals surface area contributed by atoms with Gasteiger partial charge in [0.05, 0.1) is 4.91 Å². The van der Waals surface area contributed by atoms with Crippen molar-refractivity contribution >= 4 is 57.9 Å². The number of halogens is 1. The number of carbonyl (C=O) groups excluding carboxylic acids is 3. The van der Waals surface area contributed by atoms with E-state index in [9.17, 15) is 14.4 Å². The number of fused-ring (bicyclic) bond motifs is 1. The quantitative estimate of drug-likeness (QED) is 0.447. The van der Waals surface area contributed by atoms with Crippen LogP contribution in [0.25, 0.3) is 6.08 Å². The first-order chi connectivity index (χ1) is 16.6. The minimum atomic E-state index is -0.461. The van der Waals surface area contributed by atoms with Gasteiger partial charge in [0.25, 0.3) is 11.1 Å². The van der Waals surface area contributed by atoms with Crippen molar-refractivity contribution in [3.63, 3.8) is 0 Å². The van der Waals surface area contributed by atoms with E-state index in [1.807, 2.05) is 6.07 Å². The highest BCUT2D eigenvalue weighted by Crippen LogP contribution is 2.44. The molecule has 0 spiro atoms. The molecule has 3 amide bonds. The molecule has 4 rings (SSSR count). The van der Waals surface area contributed by atoms with Crippen LogP contribution in [0.15, 0.2) is 47.4 Å². The van der Waals surface area contributed by atoms with Crippen LogP contribution in [-0.4, -0.2) is 40.6 Å². The Labute approximate surface area is 215 Å². The van der Waals surface area contributed by atoms with Gasteiger partial charge in [0, 0.05) is 28.5 Å². The number of carbonyl (C=O) groups is 3. The lowest BCUT2D eigenvalue weighted by molar-refractivity contribution is -0.127. The van der Waals surface area contributed by atoms with E-state index in [1.54, 1.807) is 30.3 Å². The number of hydrogen-bond acceptors (Lipinski definition) is 5. The topological polar surface area (TPSA) is 69.7 Å². The van der Waals surface area contributed by atoms with E-state index in [-0.39, 0.29) is 12.1 Å². The van der Waals surface area contributed by atoms with Crippen molar-refractivity contribution in [1.29, 1.82) is 0 Å². The summed E-state index contributed by atoms with van der Waals surface area (Å²) >= 11 is 6.81. The summed E-state index contributed by atoms with van der Waals surface area (Å²) in [5.74, 6) is -0.537. The van der Waals surface area contributed by atoms with Gasteiger partial charge in [-0.25, -0.2) is 0 Å². The Balaban J connectivity index is 1.51. The summed E-state index contributed by atoms with van der Waals surface area (Å²) < 4.78 is 0. The number of hydrogen-bond donors (Lipinski definition) is 1. The van der Waals surface area contributed by atoms with Crippen LogP contribution in [0.3, 0.4) is 0 Å². The van der Waals surface area contributed by atoms with E-state index in [4.69, 9.17) is 11.6 Å². The monoisotopic (exact) mass is 511 g/mol. The third kappa shape index (κ3) is 5.41. The van der Waals surface area contributed by atoms with Crippen molar-refractivity contribution in [2.75, 3.05) is 23.3 Å². The normalized spacial score (nSPS) is 20.4. The van der Waals surface area contributed by atoms with Gasteiger partial charge in [0.2, 0.25) is 5.91 Å². The number of imide groups is 1. The summed E-state index contributed by atoms with van der Waals surface area (Å²) in [7, 11) is 0. The zero-order valence-electron chi connectivity index (χ0n) is 20.4. The number of rotatable bonds is 6. The highest BCUT2D eigenvalue weighted by molar-refractivity contribution is 8.18. The lowest BCUT2D eigenvalue weighted by atomic mass is 9.79. The van der Waals surface area contributed by atoms with Crippen LogP contribution in [0, 0.1) is 0 Å². The van der Waals surface area contributed by atoms with Crippen LogP contribution in [0.4, 0.5) is 16.2 Å². The van der Waals surface area contributed by atoms with Gasteiger partial charge in [-0.05, 0) is 91.9 Å². The first-order valence-corrected chi connectivity index (χ1v) is 13.0. The van der Waals surface area contributed by atoms with Crippen molar-refractivity contribution in [1.82, 2.24) is 4.90 Å². The average Bonchev–Trinajstić information content (AvgIpc) is 3.03. The highest BCUT2D eigenvalue weighted by atomic mass is 35.5. The minimum absolute atomic E-state index is 0.0816. The molecule has 0 aromatic heterocycles. The Morgan fingerprint density at radius 1 is 1.23 bits per heavy atom. The molecule has 1 N–H and O–H groups in total. The van der Waals surface area contributed by atoms with Gasteiger partial charge >= 0.3 is 0 Å². The van der Waals surface area contributed by atoms with Crippen molar-refractivity contribution < 1.29 is 14.4 Å². The van der Waals surface area contributed by atoms with Crippen molar-refractivity contribution in [2.45, 2.75) is 52.0 Å². The fourth-order valence-corrected chi connectivity index (χ4v) is 5.97. The lowest BCUT2D eigenvalue weighted by Crippen LogP contribution is -2.48. The molecular weight excluding hydrogens is 482 g/mol. The maximum absolute atomic E-state index is 12.9. The number of nitrogens with one attached hydrogen (secondary N) is 1. The lowest BCUT2D eigenvalue weighted by Gasteiger charge is -2.47. The number of benzene rings is 2. The van der Waals surface area contributed by atoms with E-state index in [2.05, 4.69) is 50.0 Å². The molecule has 1 fully saturated rings. The standard InChI is InChI=1S/C27H30ClN3O3S/c1-5-11-31-22-10-9-18(12-21(22)17(2)15-27(31,3)4)13-23-25(33)30(26(34)35-23)16-24(32)29-20-8-6-7-19(28)14-20/h6-10,12-14,17H,5,11,15-16H2,1-4H3,(H,29,32)/b23-13+. The first-order valence-electron chi connectivity index (χ1n) is 11.8. The van der Waals surface area contributed by atoms with Crippen LogP contribution in [0.2, 0.25) is 5.02 Å². The van der Waals surface area contributed by atoms with E-state index in [0.717, 1.165) is 41.6 Å². The van der Waals surface area contributed by atoms with Crippen LogP contribution in [0.1, 0.15) is 57.6 Å². The molecule has 0 bridgehead atoms. The van der Waals surface area contributed by atoms with Gasteiger partial charge in [-0.15, -0.1) is 0 Å². The number of thioether (sulfide) groups is 1. The van der Waals surface area contributed by atoms with Crippen LogP contribution >= 0.6 is 23.4 Å². The molecule has 2 aliphatic rings. The maximum atomic E-state index is 12.9. The molecule has 1 unspecified atom stereocenters. The van der Waals surface area contributed by atoms with Gasteiger partial charge < -0.3 is 10.2 Å². The molecule has 8 heteroatoms. The summed E-state index contributed by atoms with van der Waals surface area (Å²) in [5, 5.41) is 2.70. The second-order valence-corrected chi connectivity index (χ2v) is 11.1. The molecule has 0 saturated carbocycles. The summed E-state index contributed by atoms with van der Waals surface area (Å²) in [6, 6.07) is 12.9. The third-order valence-electron chi connectivity index (χ3n) is 6.44. The second kappa shape index (κ2) is 10.1. The molecule has 2 aromatic rings. The van der Waals surface area contributed by atoms with Gasteiger partial charge in [-0.2, -0.15) is 0 Å². The van der Waals surface area contributed by atoms with E-state index < -0.39 is 17.1 Å². The minimum Gasteiger partial charge on any atom is -0.366 e.